The number of sulfonamides is 1. The van der Waals surface area contributed by atoms with E-state index in [2.05, 4.69) is 5.32 Å². The number of nitrogens with one attached hydrogen (secondary N) is 1. The van der Waals surface area contributed by atoms with E-state index in [1.54, 1.807) is 24.3 Å². The number of aryl methyl sites for hydroxylation is 1. The molecule has 0 bridgehead atoms. The van der Waals surface area contributed by atoms with Crippen LogP contribution >= 0.6 is 0 Å². The number of carbonyl (C=O) groups is 1. The number of hydrogen-bond acceptors (Lipinski definition) is 4. The van der Waals surface area contributed by atoms with Crippen LogP contribution in [-0.2, 0) is 10.0 Å². The van der Waals surface area contributed by atoms with Gasteiger partial charge in [-0.15, -0.1) is 0 Å². The molecule has 1 N–H and O–H groups in total. The van der Waals surface area contributed by atoms with Gasteiger partial charge in [0.2, 0.25) is 10.0 Å². The third kappa shape index (κ3) is 4.54. The van der Waals surface area contributed by atoms with Crippen molar-refractivity contribution in [3.63, 3.8) is 0 Å². The van der Waals surface area contributed by atoms with Crippen LogP contribution in [0.15, 0.2) is 47.4 Å². The van der Waals surface area contributed by atoms with Gasteiger partial charge in [0.1, 0.15) is 10.6 Å². The lowest BCUT2D eigenvalue weighted by atomic mass is 10.1. The molecule has 1 amide bonds. The van der Waals surface area contributed by atoms with E-state index in [1.165, 1.54) is 10.4 Å². The van der Waals surface area contributed by atoms with Gasteiger partial charge >= 0.3 is 0 Å². The Balaban J connectivity index is 1.92. The Bertz CT molecular complexity index is 951. The molecule has 0 atom stereocenters. The Morgan fingerprint density at radius 2 is 1.86 bits per heavy atom. The molecule has 0 spiro atoms. The number of rotatable bonds is 6. The molecule has 150 valence electrons. The minimum absolute atomic E-state index is 0.0956. The van der Waals surface area contributed by atoms with Crippen molar-refractivity contribution in [2.45, 2.75) is 38.0 Å². The maximum absolute atomic E-state index is 13.2. The molecular weight excluding hydrogens is 376 g/mol. The highest BCUT2D eigenvalue weighted by molar-refractivity contribution is 7.89. The molecular formula is C21H26N2O4S. The molecule has 1 fully saturated rings. The smallest absolute Gasteiger partial charge is 0.255 e. The Morgan fingerprint density at radius 3 is 2.54 bits per heavy atom. The predicted octanol–water partition coefficient (Wildman–Crippen LogP) is 3.82. The van der Waals surface area contributed by atoms with Crippen molar-refractivity contribution in [1.82, 2.24) is 4.31 Å². The summed E-state index contributed by atoms with van der Waals surface area (Å²) in [6.45, 7) is 5.10. The van der Waals surface area contributed by atoms with E-state index < -0.39 is 10.0 Å². The lowest BCUT2D eigenvalue weighted by Gasteiger charge is -2.27. The SMILES string of the molecule is CCOc1ccc(NC(=O)c2cccc(C)c2)cc1S(=O)(=O)N1CCCCC1. The van der Waals surface area contributed by atoms with E-state index in [-0.39, 0.29) is 10.8 Å². The lowest BCUT2D eigenvalue weighted by molar-refractivity contribution is 0.102. The van der Waals surface area contributed by atoms with Gasteiger partial charge < -0.3 is 10.1 Å². The van der Waals surface area contributed by atoms with E-state index in [1.807, 2.05) is 26.0 Å². The minimum Gasteiger partial charge on any atom is -0.492 e. The first kappa shape index (κ1) is 20.4. The van der Waals surface area contributed by atoms with Crippen LogP contribution in [0, 0.1) is 6.92 Å². The zero-order valence-electron chi connectivity index (χ0n) is 16.3. The average Bonchev–Trinajstić information content (AvgIpc) is 2.70. The third-order valence-electron chi connectivity index (χ3n) is 4.71. The van der Waals surface area contributed by atoms with E-state index in [4.69, 9.17) is 4.74 Å². The second kappa shape index (κ2) is 8.75. The van der Waals surface area contributed by atoms with Crippen molar-refractivity contribution in [3.05, 3.63) is 53.6 Å². The van der Waals surface area contributed by atoms with E-state index in [0.717, 1.165) is 24.8 Å². The van der Waals surface area contributed by atoms with Crippen molar-refractivity contribution in [2.75, 3.05) is 25.0 Å². The number of hydrogen-bond donors (Lipinski definition) is 1. The Labute approximate surface area is 166 Å². The number of carbonyl (C=O) groups excluding carboxylic acids is 1. The van der Waals surface area contributed by atoms with Crippen molar-refractivity contribution in [2.24, 2.45) is 0 Å². The number of anilines is 1. The normalized spacial score (nSPS) is 15.2. The monoisotopic (exact) mass is 402 g/mol. The zero-order valence-corrected chi connectivity index (χ0v) is 17.1. The van der Waals surface area contributed by atoms with Gasteiger partial charge in [0.25, 0.3) is 5.91 Å². The van der Waals surface area contributed by atoms with Crippen LogP contribution in [0.5, 0.6) is 5.75 Å². The fourth-order valence-corrected chi connectivity index (χ4v) is 4.97. The lowest BCUT2D eigenvalue weighted by Crippen LogP contribution is -2.35. The molecule has 6 nitrogen and oxygen atoms in total. The van der Waals surface area contributed by atoms with Gasteiger partial charge in [0, 0.05) is 24.3 Å². The Hall–Kier alpha value is -2.38. The quantitative estimate of drug-likeness (QED) is 0.797. The molecule has 0 aliphatic carbocycles. The summed E-state index contributed by atoms with van der Waals surface area (Å²) in [5.74, 6) is 0.0239. The molecule has 0 unspecified atom stereocenters. The summed E-state index contributed by atoms with van der Waals surface area (Å²) >= 11 is 0. The fourth-order valence-electron chi connectivity index (χ4n) is 3.30. The van der Waals surface area contributed by atoms with E-state index in [0.29, 0.717) is 36.7 Å². The summed E-state index contributed by atoms with van der Waals surface area (Å²) in [5, 5.41) is 2.79. The van der Waals surface area contributed by atoms with Gasteiger partial charge in [0.05, 0.1) is 6.61 Å². The summed E-state index contributed by atoms with van der Waals surface area (Å²) in [7, 11) is -3.69. The first-order chi connectivity index (χ1) is 13.4. The molecule has 2 aromatic carbocycles. The van der Waals surface area contributed by atoms with Gasteiger partial charge in [-0.05, 0) is 57.0 Å². The molecule has 1 aliphatic heterocycles. The maximum atomic E-state index is 13.2. The number of ether oxygens (including phenoxy) is 1. The van der Waals surface area contributed by atoms with Crippen LogP contribution < -0.4 is 10.1 Å². The number of nitrogens with zero attached hydrogens (tertiary/aromatic N) is 1. The van der Waals surface area contributed by atoms with Crippen molar-refractivity contribution < 1.29 is 17.9 Å². The minimum atomic E-state index is -3.69. The number of piperidine rings is 1. The summed E-state index contributed by atoms with van der Waals surface area (Å²) in [4.78, 5) is 12.6. The molecule has 28 heavy (non-hydrogen) atoms. The first-order valence-electron chi connectivity index (χ1n) is 9.57. The second-order valence-electron chi connectivity index (χ2n) is 6.88. The van der Waals surface area contributed by atoms with Crippen molar-refractivity contribution >= 4 is 21.6 Å². The summed E-state index contributed by atoms with van der Waals surface area (Å²) < 4.78 is 33.4. The van der Waals surface area contributed by atoms with Crippen molar-refractivity contribution in [1.29, 1.82) is 0 Å². The molecule has 0 radical (unpaired) electrons. The molecule has 7 heteroatoms. The predicted molar refractivity (Wildman–Crippen MR) is 109 cm³/mol. The highest BCUT2D eigenvalue weighted by Gasteiger charge is 2.29. The molecule has 3 rings (SSSR count). The maximum Gasteiger partial charge on any atom is 0.255 e. The standard InChI is InChI=1S/C21H26N2O4S/c1-3-27-19-11-10-18(22-21(24)17-9-7-8-16(2)14-17)15-20(19)28(25,26)23-12-5-4-6-13-23/h7-11,14-15H,3-6,12-13H2,1-2H3,(H,22,24). The van der Waals surface area contributed by atoms with Crippen molar-refractivity contribution in [3.8, 4) is 5.75 Å². The highest BCUT2D eigenvalue weighted by Crippen LogP contribution is 2.31. The van der Waals surface area contributed by atoms with Gasteiger partial charge in [-0.1, -0.05) is 24.1 Å². The third-order valence-corrected chi connectivity index (χ3v) is 6.63. The zero-order chi connectivity index (χ0) is 20.1. The first-order valence-corrected chi connectivity index (χ1v) is 11.0. The van der Waals surface area contributed by atoms with E-state index in [9.17, 15) is 13.2 Å². The molecule has 2 aromatic rings. The molecule has 1 aliphatic rings. The average molecular weight is 403 g/mol. The molecule has 0 saturated carbocycles. The number of benzene rings is 2. The van der Waals surface area contributed by atoms with E-state index >= 15 is 0 Å². The van der Waals surface area contributed by atoms with Gasteiger partial charge in [-0.25, -0.2) is 8.42 Å². The second-order valence-corrected chi connectivity index (χ2v) is 8.79. The summed E-state index contributed by atoms with van der Waals surface area (Å²) in [6, 6.07) is 12.0. The van der Waals surface area contributed by atoms with Gasteiger partial charge in [-0.2, -0.15) is 4.31 Å². The van der Waals surface area contributed by atoms with Crippen LogP contribution in [0.2, 0.25) is 0 Å². The van der Waals surface area contributed by atoms with Crippen LogP contribution in [0.1, 0.15) is 42.1 Å². The fraction of sp³-hybridized carbons (Fsp3) is 0.381. The largest absolute Gasteiger partial charge is 0.492 e. The topological polar surface area (TPSA) is 75.7 Å². The van der Waals surface area contributed by atoms with Crippen LogP contribution in [0.3, 0.4) is 0 Å². The highest BCUT2D eigenvalue weighted by atomic mass is 32.2. The Kier molecular flexibility index (Phi) is 6.36. The van der Waals surface area contributed by atoms with Crippen LogP contribution in [-0.4, -0.2) is 38.3 Å². The van der Waals surface area contributed by atoms with Gasteiger partial charge in [-0.3, -0.25) is 4.79 Å². The molecule has 0 aromatic heterocycles. The number of amides is 1. The summed E-state index contributed by atoms with van der Waals surface area (Å²) in [6.07, 6.45) is 2.75. The molecule has 1 heterocycles. The van der Waals surface area contributed by atoms with Crippen LogP contribution in [0.25, 0.3) is 0 Å². The molecule has 1 saturated heterocycles. The van der Waals surface area contributed by atoms with Crippen LogP contribution in [0.4, 0.5) is 5.69 Å². The van der Waals surface area contributed by atoms with Gasteiger partial charge in [0.15, 0.2) is 0 Å². The summed E-state index contributed by atoms with van der Waals surface area (Å²) in [5.41, 5.74) is 1.92. The Morgan fingerprint density at radius 1 is 1.11 bits per heavy atom.